The molecule has 0 aromatic heterocycles. The summed E-state index contributed by atoms with van der Waals surface area (Å²) in [5, 5.41) is 0. The average molecular weight is 218 g/mol. The van der Waals surface area contributed by atoms with E-state index in [4.69, 9.17) is 4.74 Å². The first-order chi connectivity index (χ1) is 6.54. The highest BCUT2D eigenvalue weighted by Gasteiger charge is 2.06. The summed E-state index contributed by atoms with van der Waals surface area (Å²) in [4.78, 5) is 0. The average Bonchev–Trinajstić information content (AvgIpc) is 2.10. The van der Waals surface area contributed by atoms with Gasteiger partial charge in [-0.25, -0.2) is 4.39 Å². The van der Waals surface area contributed by atoms with Gasteiger partial charge in [-0.1, -0.05) is 0 Å². The molecule has 0 spiro atoms. The van der Waals surface area contributed by atoms with Crippen molar-refractivity contribution in [1.29, 1.82) is 0 Å². The molecular formula is C8H9FNO3S-. The molecule has 78 valence electrons. The minimum Gasteiger partial charge on any atom is -0.755 e. The van der Waals surface area contributed by atoms with Crippen molar-refractivity contribution in [2.24, 2.45) is 0 Å². The van der Waals surface area contributed by atoms with Crippen molar-refractivity contribution in [1.82, 2.24) is 0 Å². The van der Waals surface area contributed by atoms with Crippen molar-refractivity contribution in [3.63, 3.8) is 0 Å². The van der Waals surface area contributed by atoms with Crippen LogP contribution in [0.1, 0.15) is 5.56 Å². The molecule has 0 aliphatic heterocycles. The zero-order valence-corrected chi connectivity index (χ0v) is 8.48. The van der Waals surface area contributed by atoms with Gasteiger partial charge in [-0.3, -0.25) is 4.21 Å². The molecule has 0 saturated heterocycles. The van der Waals surface area contributed by atoms with Gasteiger partial charge in [0.1, 0.15) is 0 Å². The highest BCUT2D eigenvalue weighted by atomic mass is 32.2. The first-order valence-corrected chi connectivity index (χ1v) is 4.82. The molecule has 1 unspecified atom stereocenters. The lowest BCUT2D eigenvalue weighted by Crippen LogP contribution is -2.04. The van der Waals surface area contributed by atoms with Crippen LogP contribution in [0.3, 0.4) is 0 Å². The van der Waals surface area contributed by atoms with E-state index in [0.29, 0.717) is 5.56 Å². The maximum Gasteiger partial charge on any atom is 0.167 e. The van der Waals surface area contributed by atoms with Crippen LogP contribution in [0.2, 0.25) is 0 Å². The molecular weight excluding hydrogens is 209 g/mol. The van der Waals surface area contributed by atoms with Crippen LogP contribution in [0, 0.1) is 12.7 Å². The van der Waals surface area contributed by atoms with Crippen LogP contribution in [0.5, 0.6) is 5.75 Å². The number of nitrogens with one attached hydrogen (secondary N) is 1. The summed E-state index contributed by atoms with van der Waals surface area (Å²) >= 11 is -2.45. The number of benzene rings is 1. The molecule has 1 rings (SSSR count). The highest BCUT2D eigenvalue weighted by molar-refractivity contribution is 7.80. The fourth-order valence-corrected chi connectivity index (χ4v) is 1.41. The van der Waals surface area contributed by atoms with E-state index in [1.165, 1.54) is 13.2 Å². The maximum absolute atomic E-state index is 13.1. The van der Waals surface area contributed by atoms with Crippen molar-refractivity contribution in [2.45, 2.75) is 6.92 Å². The van der Waals surface area contributed by atoms with Crippen LogP contribution in [0.25, 0.3) is 0 Å². The Labute approximate surface area is 83.5 Å². The van der Waals surface area contributed by atoms with Crippen LogP contribution in [0.4, 0.5) is 10.1 Å². The number of hydrogen-bond acceptors (Lipinski definition) is 3. The molecule has 1 aromatic carbocycles. The molecule has 1 N–H and O–H groups in total. The minimum atomic E-state index is -2.45. The van der Waals surface area contributed by atoms with Crippen molar-refractivity contribution >= 4 is 17.0 Å². The van der Waals surface area contributed by atoms with Crippen LogP contribution >= 0.6 is 0 Å². The second-order valence-electron chi connectivity index (χ2n) is 2.64. The van der Waals surface area contributed by atoms with E-state index in [1.54, 1.807) is 6.92 Å². The number of rotatable bonds is 3. The van der Waals surface area contributed by atoms with Crippen molar-refractivity contribution in [3.8, 4) is 5.75 Å². The Bertz CT molecular complexity index is 370. The van der Waals surface area contributed by atoms with Gasteiger partial charge >= 0.3 is 0 Å². The third kappa shape index (κ3) is 2.43. The third-order valence-electron chi connectivity index (χ3n) is 1.69. The quantitative estimate of drug-likeness (QED) is 0.779. The summed E-state index contributed by atoms with van der Waals surface area (Å²) in [6.45, 7) is 1.65. The molecule has 0 radical (unpaired) electrons. The fourth-order valence-electron chi connectivity index (χ4n) is 1.01. The zero-order valence-electron chi connectivity index (χ0n) is 7.67. The largest absolute Gasteiger partial charge is 0.755 e. The molecule has 14 heavy (non-hydrogen) atoms. The van der Waals surface area contributed by atoms with Gasteiger partial charge in [-0.15, -0.1) is 0 Å². The summed E-state index contributed by atoms with van der Waals surface area (Å²) in [6, 6.07) is 2.49. The number of ether oxygens (including phenoxy) is 1. The molecule has 0 aliphatic carbocycles. The Balaban J connectivity index is 3.08. The summed E-state index contributed by atoms with van der Waals surface area (Å²) in [5.74, 6) is -0.518. The van der Waals surface area contributed by atoms with E-state index in [1.807, 2.05) is 0 Å². The molecule has 0 aliphatic rings. The van der Waals surface area contributed by atoms with Gasteiger partial charge in [0, 0.05) is 17.3 Å². The van der Waals surface area contributed by atoms with E-state index in [0.717, 1.165) is 6.07 Å². The SMILES string of the molecule is COc1cc(C)c(NS(=O)[O-])cc1F. The third-order valence-corrected chi connectivity index (χ3v) is 2.08. The molecule has 0 heterocycles. The van der Waals surface area contributed by atoms with Gasteiger partial charge in [-0.05, 0) is 18.6 Å². The molecule has 6 heteroatoms. The Hall–Kier alpha value is -1.14. The predicted molar refractivity (Wildman–Crippen MR) is 50.2 cm³/mol. The standard InChI is InChI=1S/C8H10FNO3S/c1-5-3-8(13-2)6(9)4-7(5)10-14(11)12/h3-4,10H,1-2H3,(H,11,12)/p-1. The smallest absolute Gasteiger partial charge is 0.167 e. The Morgan fingerprint density at radius 2 is 2.21 bits per heavy atom. The second kappa shape index (κ2) is 4.39. The number of halogens is 1. The van der Waals surface area contributed by atoms with Crippen LogP contribution in [-0.4, -0.2) is 15.9 Å². The monoisotopic (exact) mass is 218 g/mol. The normalized spacial score (nSPS) is 12.3. The lowest BCUT2D eigenvalue weighted by atomic mass is 10.2. The summed E-state index contributed by atoms with van der Waals surface area (Å²) < 4.78 is 40.6. The molecule has 1 atom stereocenters. The van der Waals surface area contributed by atoms with Crippen LogP contribution < -0.4 is 9.46 Å². The molecule has 1 aromatic rings. The van der Waals surface area contributed by atoms with E-state index < -0.39 is 17.1 Å². The first-order valence-electron chi connectivity index (χ1n) is 3.74. The maximum atomic E-state index is 13.1. The first kappa shape index (κ1) is 10.9. The van der Waals surface area contributed by atoms with Crippen molar-refractivity contribution in [3.05, 3.63) is 23.5 Å². The molecule has 4 nitrogen and oxygen atoms in total. The van der Waals surface area contributed by atoms with Gasteiger partial charge in [-0.2, -0.15) is 0 Å². The topological polar surface area (TPSA) is 61.4 Å². The van der Waals surface area contributed by atoms with Gasteiger partial charge < -0.3 is 14.0 Å². The molecule has 0 amide bonds. The van der Waals surface area contributed by atoms with E-state index in [9.17, 15) is 13.2 Å². The number of anilines is 1. The number of methoxy groups -OCH3 is 1. The predicted octanol–water partition coefficient (Wildman–Crippen LogP) is 1.35. The van der Waals surface area contributed by atoms with Crippen LogP contribution in [0.15, 0.2) is 12.1 Å². The molecule has 0 bridgehead atoms. The highest BCUT2D eigenvalue weighted by Crippen LogP contribution is 2.25. The van der Waals surface area contributed by atoms with Gasteiger partial charge in [0.25, 0.3) is 0 Å². The van der Waals surface area contributed by atoms with Gasteiger partial charge in [0.2, 0.25) is 0 Å². The Morgan fingerprint density at radius 3 is 2.71 bits per heavy atom. The summed E-state index contributed by atoms with van der Waals surface area (Å²) in [5.41, 5.74) is 0.795. The van der Waals surface area contributed by atoms with Crippen molar-refractivity contribution < 1.29 is 17.9 Å². The van der Waals surface area contributed by atoms with Crippen molar-refractivity contribution in [2.75, 3.05) is 11.8 Å². The summed E-state index contributed by atoms with van der Waals surface area (Å²) in [6.07, 6.45) is 0. The van der Waals surface area contributed by atoms with Gasteiger partial charge in [0.15, 0.2) is 11.6 Å². The zero-order chi connectivity index (χ0) is 10.7. The van der Waals surface area contributed by atoms with E-state index in [2.05, 4.69) is 4.72 Å². The summed E-state index contributed by atoms with van der Waals surface area (Å²) in [7, 11) is 1.34. The second-order valence-corrected chi connectivity index (χ2v) is 3.31. The lowest BCUT2D eigenvalue weighted by molar-refractivity contribution is 0.386. The van der Waals surface area contributed by atoms with Crippen LogP contribution in [-0.2, 0) is 11.3 Å². The molecule has 0 fully saturated rings. The fraction of sp³-hybridized carbons (Fsp3) is 0.250. The van der Waals surface area contributed by atoms with Gasteiger partial charge in [0.05, 0.1) is 12.8 Å². The minimum absolute atomic E-state index is 0.0877. The number of aryl methyl sites for hydroxylation is 1. The number of hydrogen-bond donors (Lipinski definition) is 1. The van der Waals surface area contributed by atoms with E-state index in [-0.39, 0.29) is 11.4 Å². The van der Waals surface area contributed by atoms with E-state index >= 15 is 0 Å². The Morgan fingerprint density at radius 1 is 1.57 bits per heavy atom. The lowest BCUT2D eigenvalue weighted by Gasteiger charge is -2.12. The molecule has 0 saturated carbocycles. The Kier molecular flexibility index (Phi) is 3.43.